The van der Waals surface area contributed by atoms with E-state index in [2.05, 4.69) is 34.4 Å². The van der Waals surface area contributed by atoms with Crippen molar-refractivity contribution in [2.75, 3.05) is 32.2 Å². The highest BCUT2D eigenvalue weighted by Crippen LogP contribution is 2.30. The van der Waals surface area contributed by atoms with Crippen molar-refractivity contribution in [1.29, 1.82) is 0 Å². The van der Waals surface area contributed by atoms with Crippen LogP contribution in [0.1, 0.15) is 44.9 Å². The van der Waals surface area contributed by atoms with Crippen molar-refractivity contribution in [3.05, 3.63) is 5.89 Å². The van der Waals surface area contributed by atoms with Crippen molar-refractivity contribution in [2.24, 2.45) is 5.92 Å². The number of ether oxygens (including phenoxy) is 1. The molecule has 120 valence electrons. The lowest BCUT2D eigenvalue weighted by Crippen LogP contribution is -2.35. The first kappa shape index (κ1) is 16.2. The van der Waals surface area contributed by atoms with Crippen molar-refractivity contribution in [3.63, 3.8) is 0 Å². The first-order valence-corrected chi connectivity index (χ1v) is 7.99. The van der Waals surface area contributed by atoms with E-state index in [0.717, 1.165) is 12.5 Å². The zero-order chi connectivity index (χ0) is 15.1. The Morgan fingerprint density at radius 3 is 2.71 bits per heavy atom. The van der Waals surface area contributed by atoms with E-state index in [-0.39, 0.29) is 0 Å². The molecule has 0 aromatic carbocycles. The van der Waals surface area contributed by atoms with Crippen LogP contribution < -0.4 is 10.2 Å². The van der Waals surface area contributed by atoms with Gasteiger partial charge < -0.3 is 19.4 Å². The fraction of sp³-hybridized carbons (Fsp3) is 0.867. The Morgan fingerprint density at radius 1 is 1.29 bits per heavy atom. The summed E-state index contributed by atoms with van der Waals surface area (Å²) in [6.45, 7) is 4.34. The lowest BCUT2D eigenvalue weighted by molar-refractivity contribution is 0.198. The Kier molecular flexibility index (Phi) is 6.45. The molecule has 0 amide bonds. The highest BCUT2D eigenvalue weighted by atomic mass is 16.5. The molecule has 2 rings (SSSR count). The largest absolute Gasteiger partial charge is 0.407 e. The molecule has 0 atom stereocenters. The summed E-state index contributed by atoms with van der Waals surface area (Å²) in [5.74, 6) is 1.54. The second kappa shape index (κ2) is 8.34. The molecule has 1 aliphatic carbocycles. The summed E-state index contributed by atoms with van der Waals surface area (Å²) in [5.41, 5.74) is 0. The fourth-order valence-corrected chi connectivity index (χ4v) is 2.92. The Balaban J connectivity index is 1.80. The van der Waals surface area contributed by atoms with Gasteiger partial charge in [-0.1, -0.05) is 18.4 Å². The molecule has 0 unspecified atom stereocenters. The van der Waals surface area contributed by atoms with Gasteiger partial charge in [0.25, 0.3) is 0 Å². The second-order valence-electron chi connectivity index (χ2n) is 5.84. The zero-order valence-electron chi connectivity index (χ0n) is 13.5. The van der Waals surface area contributed by atoms with E-state index in [0.29, 0.717) is 31.1 Å². The molecule has 0 saturated heterocycles. The van der Waals surface area contributed by atoms with Crippen LogP contribution in [0.15, 0.2) is 4.42 Å². The first-order valence-electron chi connectivity index (χ1n) is 7.99. The third-order valence-electron chi connectivity index (χ3n) is 4.46. The monoisotopic (exact) mass is 296 g/mol. The number of anilines is 1. The van der Waals surface area contributed by atoms with Gasteiger partial charge in [-0.3, -0.25) is 0 Å². The number of nitrogens with zero attached hydrogens (tertiary/aromatic N) is 3. The van der Waals surface area contributed by atoms with Crippen LogP contribution in [0.4, 0.5) is 6.01 Å². The maximum atomic E-state index is 5.73. The van der Waals surface area contributed by atoms with Gasteiger partial charge in [0.2, 0.25) is 5.89 Å². The predicted molar refractivity (Wildman–Crippen MR) is 82.3 cm³/mol. The van der Waals surface area contributed by atoms with E-state index < -0.39 is 0 Å². The van der Waals surface area contributed by atoms with E-state index in [4.69, 9.17) is 9.15 Å². The summed E-state index contributed by atoms with van der Waals surface area (Å²) in [7, 11) is 3.75. The molecule has 1 saturated carbocycles. The lowest BCUT2D eigenvalue weighted by Gasteiger charge is -2.33. The van der Waals surface area contributed by atoms with Crippen LogP contribution in [0, 0.1) is 5.92 Å². The van der Waals surface area contributed by atoms with Gasteiger partial charge in [0.05, 0.1) is 13.2 Å². The Labute approximate surface area is 127 Å². The third kappa shape index (κ3) is 4.68. The van der Waals surface area contributed by atoms with Crippen LogP contribution in [-0.4, -0.2) is 43.5 Å². The average Bonchev–Trinajstić information content (AvgIpc) is 3.00. The number of hydrogen-bond acceptors (Lipinski definition) is 6. The molecule has 21 heavy (non-hydrogen) atoms. The van der Waals surface area contributed by atoms with Crippen molar-refractivity contribution in [2.45, 2.75) is 51.6 Å². The number of methoxy groups -OCH3 is 1. The molecule has 1 aromatic rings. The summed E-state index contributed by atoms with van der Waals surface area (Å²) in [5, 5.41) is 11.5. The van der Waals surface area contributed by atoms with Crippen molar-refractivity contribution in [1.82, 2.24) is 15.5 Å². The smallest absolute Gasteiger partial charge is 0.318 e. The van der Waals surface area contributed by atoms with Gasteiger partial charge in [0.1, 0.15) is 0 Å². The Hall–Kier alpha value is -1.14. The van der Waals surface area contributed by atoms with Crippen LogP contribution in [0.3, 0.4) is 0 Å². The minimum atomic E-state index is 0.530. The standard InChI is InChI=1S/C15H28N4O2/c1-4-12-5-7-13(8-6-12)19(2)15-18-17-14(21-15)11-16-9-10-20-3/h12-13,16H,4-11H2,1-3H3. The molecule has 0 radical (unpaired) electrons. The van der Waals surface area contributed by atoms with Gasteiger partial charge in [-0.05, 0) is 31.6 Å². The normalized spacial score (nSPS) is 22.4. The highest BCUT2D eigenvalue weighted by molar-refractivity contribution is 5.24. The van der Waals surface area contributed by atoms with Gasteiger partial charge in [-0.15, -0.1) is 5.10 Å². The van der Waals surface area contributed by atoms with E-state index in [1.54, 1.807) is 7.11 Å². The SMILES string of the molecule is CCC1CCC(N(C)c2nnc(CNCCOC)o2)CC1. The molecule has 0 spiro atoms. The highest BCUT2D eigenvalue weighted by Gasteiger charge is 2.25. The van der Waals surface area contributed by atoms with Crippen molar-refractivity contribution < 1.29 is 9.15 Å². The fourth-order valence-electron chi connectivity index (χ4n) is 2.92. The summed E-state index contributed by atoms with van der Waals surface area (Å²) in [4.78, 5) is 2.15. The molecule has 6 nitrogen and oxygen atoms in total. The number of nitrogens with one attached hydrogen (secondary N) is 1. The van der Waals surface area contributed by atoms with Crippen LogP contribution in [-0.2, 0) is 11.3 Å². The third-order valence-corrected chi connectivity index (χ3v) is 4.46. The van der Waals surface area contributed by atoms with E-state index in [1.807, 2.05) is 0 Å². The number of rotatable bonds is 8. The predicted octanol–water partition coefficient (Wildman–Crippen LogP) is 2.21. The molecule has 1 aromatic heterocycles. The van der Waals surface area contributed by atoms with E-state index >= 15 is 0 Å². The summed E-state index contributed by atoms with van der Waals surface area (Å²) in [6, 6.07) is 1.17. The topological polar surface area (TPSA) is 63.4 Å². The van der Waals surface area contributed by atoms with Gasteiger partial charge in [-0.25, -0.2) is 0 Å². The van der Waals surface area contributed by atoms with Crippen molar-refractivity contribution in [3.8, 4) is 0 Å². The van der Waals surface area contributed by atoms with Gasteiger partial charge in [0, 0.05) is 26.7 Å². The summed E-state index contributed by atoms with van der Waals surface area (Å²) in [6.07, 6.45) is 6.36. The molecule has 1 fully saturated rings. The average molecular weight is 296 g/mol. The van der Waals surface area contributed by atoms with Crippen LogP contribution in [0.2, 0.25) is 0 Å². The molecule has 6 heteroatoms. The maximum absolute atomic E-state index is 5.73. The number of hydrogen-bond donors (Lipinski definition) is 1. The molecule has 1 aliphatic rings. The van der Waals surface area contributed by atoms with Crippen molar-refractivity contribution >= 4 is 6.01 Å². The number of aromatic nitrogens is 2. The minimum Gasteiger partial charge on any atom is -0.407 e. The molecular weight excluding hydrogens is 268 g/mol. The Bertz CT molecular complexity index is 402. The second-order valence-corrected chi connectivity index (χ2v) is 5.84. The van der Waals surface area contributed by atoms with Gasteiger partial charge >= 0.3 is 6.01 Å². The molecular formula is C15H28N4O2. The van der Waals surface area contributed by atoms with Crippen LogP contribution >= 0.6 is 0 Å². The molecule has 0 bridgehead atoms. The summed E-state index contributed by atoms with van der Waals surface area (Å²) >= 11 is 0. The molecule has 0 aliphatic heterocycles. The molecule has 1 heterocycles. The van der Waals surface area contributed by atoms with E-state index in [1.165, 1.54) is 32.1 Å². The first-order chi connectivity index (χ1) is 10.2. The van der Waals surface area contributed by atoms with Gasteiger partial charge in [-0.2, -0.15) is 0 Å². The quantitative estimate of drug-likeness (QED) is 0.742. The van der Waals surface area contributed by atoms with Gasteiger partial charge in [0.15, 0.2) is 0 Å². The lowest BCUT2D eigenvalue weighted by atomic mass is 9.84. The minimum absolute atomic E-state index is 0.530. The molecule has 1 N–H and O–H groups in total. The zero-order valence-corrected chi connectivity index (χ0v) is 13.5. The van der Waals surface area contributed by atoms with Crippen LogP contribution in [0.25, 0.3) is 0 Å². The van der Waals surface area contributed by atoms with E-state index in [9.17, 15) is 0 Å². The summed E-state index contributed by atoms with van der Waals surface area (Å²) < 4.78 is 10.7. The Morgan fingerprint density at radius 2 is 2.05 bits per heavy atom. The van der Waals surface area contributed by atoms with Crippen LogP contribution in [0.5, 0.6) is 0 Å². The maximum Gasteiger partial charge on any atom is 0.318 e.